The second-order valence-corrected chi connectivity index (χ2v) is 17.2. The third-order valence-corrected chi connectivity index (χ3v) is 11.1. The van der Waals surface area contributed by atoms with E-state index >= 15 is 0 Å². The van der Waals surface area contributed by atoms with Gasteiger partial charge in [0.05, 0.1) is 35.5 Å². The Labute approximate surface area is 447 Å². The predicted molar refractivity (Wildman–Crippen MR) is 281 cm³/mol. The number of esters is 2. The Bertz CT molecular complexity index is 3130. The minimum Gasteiger partial charge on any atom is -0.507 e. The molecule has 0 saturated heterocycles. The molecule has 76 heavy (non-hydrogen) atoms. The van der Waals surface area contributed by atoms with Gasteiger partial charge in [0.15, 0.2) is 34.9 Å². The molecule has 0 aliphatic carbocycles. The first-order valence-electron chi connectivity index (χ1n) is 23.0. The van der Waals surface area contributed by atoms with E-state index in [4.69, 9.17) is 50.2 Å². The molecule has 0 aliphatic rings. The Balaban J connectivity index is 0.000000224. The molecule has 0 bridgehead atoms. The van der Waals surface area contributed by atoms with Gasteiger partial charge in [0.2, 0.25) is 0 Å². The van der Waals surface area contributed by atoms with Crippen molar-refractivity contribution in [1.82, 2.24) is 29.9 Å². The van der Waals surface area contributed by atoms with Gasteiger partial charge in [-0.15, -0.1) is 0 Å². The summed E-state index contributed by atoms with van der Waals surface area (Å²) in [4.78, 5) is 49.1. The molecule has 22 heteroatoms. The number of aliphatic hydroxyl groups excluding tert-OH is 2. The number of rotatable bonds is 20. The van der Waals surface area contributed by atoms with Gasteiger partial charge in [0.1, 0.15) is 85.6 Å². The first kappa shape index (κ1) is 55.1. The Morgan fingerprint density at radius 2 is 0.711 bits per heavy atom. The molecule has 2 heterocycles. The predicted octanol–water partition coefficient (Wildman–Crippen LogP) is 8.61. The van der Waals surface area contributed by atoms with E-state index in [1.807, 2.05) is 24.3 Å². The number of aliphatic hydroxyl groups is 2. The van der Waals surface area contributed by atoms with Crippen LogP contribution < -0.4 is 18.9 Å². The minimum atomic E-state index is -0.415. The molecule has 0 saturated carbocycles. The van der Waals surface area contributed by atoms with Crippen LogP contribution in [0.3, 0.4) is 0 Å². The molecule has 6 aromatic carbocycles. The van der Waals surface area contributed by atoms with Gasteiger partial charge in [-0.2, -0.15) is 0 Å². The summed E-state index contributed by atoms with van der Waals surface area (Å²) in [6, 6.07) is 32.8. The van der Waals surface area contributed by atoms with E-state index in [1.54, 1.807) is 72.8 Å². The summed E-state index contributed by atoms with van der Waals surface area (Å²) in [5.74, 6) is 1.41. The summed E-state index contributed by atoms with van der Waals surface area (Å²) >= 11 is 9.47. The fourth-order valence-electron chi connectivity index (χ4n) is 6.87. The van der Waals surface area contributed by atoms with Gasteiger partial charge >= 0.3 is 11.9 Å². The number of aromatic nitrogens is 6. The van der Waals surface area contributed by atoms with Crippen LogP contribution in [0.4, 0.5) is 0 Å². The molecule has 6 N–H and O–H groups in total. The van der Waals surface area contributed by atoms with Crippen molar-refractivity contribution in [1.29, 1.82) is 0 Å². The van der Waals surface area contributed by atoms with Crippen LogP contribution in [-0.4, -0.2) is 125 Å². The molecule has 8 aromatic rings. The number of benzene rings is 6. The van der Waals surface area contributed by atoms with Crippen LogP contribution in [0, 0.1) is 0 Å². The lowest BCUT2D eigenvalue weighted by Gasteiger charge is -2.12. The van der Waals surface area contributed by atoms with Gasteiger partial charge in [-0.25, -0.2) is 29.9 Å². The average molecular weight is 1120 g/mol. The fourth-order valence-corrected chi connectivity index (χ4v) is 7.26. The standard InChI is InChI=1S/C29H26ClN3O8.C25H22BrN3O6/c1-17(34)38-11-13-40-21-7-9-23(25(36)15-21)28-31-27(19-3-5-20(30)6-4-19)32-29(33-28)24-10-8-22(16-26(24)37)41-14-12-39-18(2)35;26-16-3-1-15(2-4-16)23-27-24(19-7-5-17(13-21(19)32)34-11-9-30)29-25(28-23)20-8-6-18(14-22(20)33)35-12-10-31/h3-10,15-16,36-37H,11-14H2,1-2H3;1-8,13-14,30-33H,9-12H2. The van der Waals surface area contributed by atoms with Crippen molar-refractivity contribution in [2.75, 3.05) is 52.9 Å². The molecule has 0 atom stereocenters. The monoisotopic (exact) mass is 1120 g/mol. The maximum absolute atomic E-state index is 10.9. The third kappa shape index (κ3) is 15.2. The third-order valence-electron chi connectivity index (χ3n) is 10.4. The number of hydrogen-bond acceptors (Lipinski definition) is 20. The number of carbonyl (C=O) groups excluding carboxylic acids is 2. The van der Waals surface area contributed by atoms with E-state index in [9.17, 15) is 30.0 Å². The largest absolute Gasteiger partial charge is 0.507 e. The molecule has 2 aromatic heterocycles. The van der Waals surface area contributed by atoms with Crippen molar-refractivity contribution in [3.63, 3.8) is 0 Å². The van der Waals surface area contributed by atoms with Crippen molar-refractivity contribution in [3.05, 3.63) is 131 Å². The highest BCUT2D eigenvalue weighted by Crippen LogP contribution is 2.38. The summed E-state index contributed by atoms with van der Waals surface area (Å²) < 4.78 is 32.3. The number of phenols is 4. The van der Waals surface area contributed by atoms with Gasteiger partial charge in [-0.05, 0) is 84.9 Å². The van der Waals surface area contributed by atoms with Crippen LogP contribution >= 0.6 is 27.5 Å². The molecule has 0 aliphatic heterocycles. The number of aromatic hydroxyl groups is 4. The lowest BCUT2D eigenvalue weighted by molar-refractivity contribution is -0.142. The molecular formula is C54H48BrClN6O14. The van der Waals surface area contributed by atoms with Crippen LogP contribution in [0.5, 0.6) is 46.0 Å². The molecule has 0 spiro atoms. The maximum atomic E-state index is 10.9. The maximum Gasteiger partial charge on any atom is 0.302 e. The Morgan fingerprint density at radius 3 is 1.00 bits per heavy atom. The molecule has 0 fully saturated rings. The Kier molecular flexibility index (Phi) is 19.3. The van der Waals surface area contributed by atoms with E-state index < -0.39 is 11.9 Å². The van der Waals surface area contributed by atoms with Crippen LogP contribution in [0.1, 0.15) is 13.8 Å². The first-order chi connectivity index (χ1) is 36.7. The second-order valence-electron chi connectivity index (χ2n) is 15.9. The molecule has 0 unspecified atom stereocenters. The summed E-state index contributed by atoms with van der Waals surface area (Å²) in [6.07, 6.45) is 0. The van der Waals surface area contributed by atoms with Crippen LogP contribution in [0.2, 0.25) is 5.02 Å². The van der Waals surface area contributed by atoms with Gasteiger partial charge in [0, 0.05) is 58.7 Å². The fraction of sp³-hybridized carbons (Fsp3) is 0.185. The van der Waals surface area contributed by atoms with Gasteiger partial charge in [-0.1, -0.05) is 39.7 Å². The summed E-state index contributed by atoms with van der Waals surface area (Å²) in [5, 5.41) is 61.3. The zero-order chi connectivity index (χ0) is 54.1. The average Bonchev–Trinajstić information content (AvgIpc) is 3.40. The van der Waals surface area contributed by atoms with Crippen molar-refractivity contribution in [2.24, 2.45) is 0 Å². The summed E-state index contributed by atoms with van der Waals surface area (Å²) in [5.41, 5.74) is 2.61. The first-order valence-corrected chi connectivity index (χ1v) is 24.2. The smallest absolute Gasteiger partial charge is 0.302 e. The molecular weight excluding hydrogens is 1070 g/mol. The van der Waals surface area contributed by atoms with E-state index in [-0.39, 0.29) is 105 Å². The number of hydrogen-bond donors (Lipinski definition) is 6. The van der Waals surface area contributed by atoms with Crippen molar-refractivity contribution >= 4 is 39.5 Å². The zero-order valence-corrected chi connectivity index (χ0v) is 42.9. The van der Waals surface area contributed by atoms with Gasteiger partial charge in [0.25, 0.3) is 0 Å². The molecule has 8 rings (SSSR count). The topological polar surface area (TPSA) is 288 Å². The van der Waals surface area contributed by atoms with Gasteiger partial charge < -0.3 is 59.1 Å². The quantitative estimate of drug-likeness (QED) is 0.0307. The number of halogens is 2. The van der Waals surface area contributed by atoms with Crippen LogP contribution in [-0.2, 0) is 19.1 Å². The van der Waals surface area contributed by atoms with Crippen molar-refractivity contribution in [2.45, 2.75) is 13.8 Å². The highest BCUT2D eigenvalue weighted by Gasteiger charge is 2.20. The number of ether oxygens (including phenoxy) is 6. The van der Waals surface area contributed by atoms with Crippen molar-refractivity contribution < 1.29 is 68.6 Å². The van der Waals surface area contributed by atoms with Crippen molar-refractivity contribution in [3.8, 4) is 114 Å². The van der Waals surface area contributed by atoms with Crippen LogP contribution in [0.25, 0.3) is 68.3 Å². The number of carbonyl (C=O) groups is 2. The molecule has 20 nitrogen and oxygen atoms in total. The second kappa shape index (κ2) is 26.5. The molecule has 392 valence electrons. The highest BCUT2D eigenvalue weighted by molar-refractivity contribution is 9.10. The van der Waals surface area contributed by atoms with E-state index in [0.29, 0.717) is 67.2 Å². The normalized spacial score (nSPS) is 10.7. The van der Waals surface area contributed by atoms with Gasteiger partial charge in [-0.3, -0.25) is 9.59 Å². The summed E-state index contributed by atoms with van der Waals surface area (Å²) in [7, 11) is 0. The SMILES string of the molecule is CC(=O)OCCOc1ccc(-c2nc(-c3ccc(Cl)cc3)nc(-c3ccc(OCCOC(C)=O)cc3O)n2)c(O)c1.OCCOc1ccc(-c2nc(-c3ccc(Br)cc3)nc(-c3ccc(OCCO)cc3O)n2)c(O)c1. The lowest BCUT2D eigenvalue weighted by atomic mass is 10.1. The Morgan fingerprint density at radius 1 is 0.421 bits per heavy atom. The Hall–Kier alpha value is -8.63. The molecule has 0 radical (unpaired) electrons. The number of nitrogens with zero attached hydrogens (tertiary/aromatic N) is 6. The zero-order valence-electron chi connectivity index (χ0n) is 40.6. The minimum absolute atomic E-state index is 0.0681. The lowest BCUT2D eigenvalue weighted by Crippen LogP contribution is -2.09. The van der Waals surface area contributed by atoms with E-state index in [0.717, 1.165) is 4.47 Å². The van der Waals surface area contributed by atoms with Crippen LogP contribution in [0.15, 0.2) is 126 Å². The molecule has 0 amide bonds. The van der Waals surface area contributed by atoms with E-state index in [2.05, 4.69) is 45.8 Å². The number of phenolic OH excluding ortho intramolecular Hbond substituents is 4. The van der Waals surface area contributed by atoms with E-state index in [1.165, 1.54) is 38.1 Å². The highest BCUT2D eigenvalue weighted by atomic mass is 79.9. The summed E-state index contributed by atoms with van der Waals surface area (Å²) in [6.45, 7) is 2.86.